The van der Waals surface area contributed by atoms with Gasteiger partial charge in [0.1, 0.15) is 0 Å². The van der Waals surface area contributed by atoms with Crippen LogP contribution in [0, 0.1) is 11.7 Å². The number of H-pyrrole nitrogens is 3. The number of nitrogens with one attached hydrogen (secondary N) is 3. The lowest BCUT2D eigenvalue weighted by molar-refractivity contribution is 0.242. The van der Waals surface area contributed by atoms with Gasteiger partial charge in [-0.05, 0) is 36.3 Å². The summed E-state index contributed by atoms with van der Waals surface area (Å²) in [5, 5.41) is 1.25. The second-order valence-electron chi connectivity index (χ2n) is 6.19. The Morgan fingerprint density at radius 2 is 2.17 bits per heavy atom. The predicted molar refractivity (Wildman–Crippen MR) is 93.1 cm³/mol. The lowest BCUT2D eigenvalue weighted by atomic mass is 10.1. The number of fused-ring (bicyclic) bond motifs is 2. The molecule has 2 aromatic heterocycles. The molecular weight excluding hydrogens is 308 g/mol. The molecule has 4 rings (SSSR count). The van der Waals surface area contributed by atoms with Gasteiger partial charge in [0.25, 0.3) is 5.56 Å². The van der Waals surface area contributed by atoms with Crippen molar-refractivity contribution in [1.82, 2.24) is 19.9 Å². The molecule has 0 spiro atoms. The van der Waals surface area contributed by atoms with Crippen LogP contribution >= 0.6 is 12.2 Å². The van der Waals surface area contributed by atoms with Crippen LogP contribution in [0.2, 0.25) is 0 Å². The van der Waals surface area contributed by atoms with Gasteiger partial charge in [-0.25, -0.2) is 0 Å². The largest absolute Gasteiger partial charge is 0.361 e. The molecule has 118 valence electrons. The molecule has 23 heavy (non-hydrogen) atoms. The zero-order valence-corrected chi connectivity index (χ0v) is 13.7. The molecule has 6 heteroatoms. The number of rotatable bonds is 2. The zero-order valence-electron chi connectivity index (χ0n) is 12.9. The highest BCUT2D eigenvalue weighted by atomic mass is 32.1. The second-order valence-corrected chi connectivity index (χ2v) is 6.60. The first-order valence-electron chi connectivity index (χ1n) is 7.73. The van der Waals surface area contributed by atoms with E-state index in [1.54, 1.807) is 0 Å². The summed E-state index contributed by atoms with van der Waals surface area (Å²) in [6.07, 6.45) is 2.90. The molecule has 3 N–H and O–H groups in total. The van der Waals surface area contributed by atoms with E-state index in [2.05, 4.69) is 51.2 Å². The summed E-state index contributed by atoms with van der Waals surface area (Å²) in [7, 11) is 0. The van der Waals surface area contributed by atoms with Crippen molar-refractivity contribution in [3.05, 3.63) is 61.9 Å². The summed E-state index contributed by atoms with van der Waals surface area (Å²) in [6.45, 7) is 4.49. The average Bonchev–Trinajstić information content (AvgIpc) is 2.90. The Morgan fingerprint density at radius 3 is 3.04 bits per heavy atom. The molecule has 0 saturated heterocycles. The molecule has 1 aliphatic heterocycles. The summed E-state index contributed by atoms with van der Waals surface area (Å²) in [5.74, 6) is 0. The Bertz CT molecular complexity index is 998. The number of aromatic amines is 3. The van der Waals surface area contributed by atoms with E-state index >= 15 is 0 Å². The summed E-state index contributed by atoms with van der Waals surface area (Å²) in [5.41, 5.74) is 5.40. The predicted octanol–water partition coefficient (Wildman–Crippen LogP) is 2.78. The molecule has 3 aromatic rings. The van der Waals surface area contributed by atoms with Crippen molar-refractivity contribution in [3.8, 4) is 0 Å². The van der Waals surface area contributed by atoms with Gasteiger partial charge in [0.05, 0.1) is 5.56 Å². The highest BCUT2D eigenvalue weighted by Gasteiger charge is 2.20. The molecule has 3 heterocycles. The monoisotopic (exact) mass is 326 g/mol. The molecule has 0 atom stereocenters. The van der Waals surface area contributed by atoms with Crippen molar-refractivity contribution in [2.24, 2.45) is 0 Å². The third-order valence-corrected chi connectivity index (χ3v) is 4.71. The molecule has 0 saturated carbocycles. The highest BCUT2D eigenvalue weighted by molar-refractivity contribution is 7.71. The lowest BCUT2D eigenvalue weighted by Gasteiger charge is -2.27. The van der Waals surface area contributed by atoms with Crippen LogP contribution in [0.3, 0.4) is 0 Å². The Balaban J connectivity index is 1.62. The van der Waals surface area contributed by atoms with E-state index in [1.165, 1.54) is 22.0 Å². The third kappa shape index (κ3) is 2.64. The van der Waals surface area contributed by atoms with Gasteiger partial charge in [-0.1, -0.05) is 12.1 Å². The number of hydrogen-bond acceptors (Lipinski definition) is 3. The van der Waals surface area contributed by atoms with Gasteiger partial charge in [-0.2, -0.15) is 0 Å². The van der Waals surface area contributed by atoms with Crippen LogP contribution in [0.25, 0.3) is 10.9 Å². The molecule has 0 aliphatic carbocycles. The van der Waals surface area contributed by atoms with Crippen LogP contribution in [0.4, 0.5) is 0 Å². The van der Waals surface area contributed by atoms with Crippen molar-refractivity contribution in [2.75, 3.05) is 6.54 Å². The van der Waals surface area contributed by atoms with E-state index in [1.807, 2.05) is 0 Å². The molecular formula is C17H18N4OS. The van der Waals surface area contributed by atoms with Crippen molar-refractivity contribution < 1.29 is 0 Å². The smallest absolute Gasteiger partial charge is 0.256 e. The molecule has 0 fully saturated rings. The van der Waals surface area contributed by atoms with Crippen molar-refractivity contribution >= 4 is 23.1 Å². The van der Waals surface area contributed by atoms with E-state index in [9.17, 15) is 4.79 Å². The van der Waals surface area contributed by atoms with Gasteiger partial charge in [-0.3, -0.25) is 14.7 Å². The minimum atomic E-state index is -0.0667. The fourth-order valence-corrected chi connectivity index (χ4v) is 3.54. The molecule has 0 unspecified atom stereocenters. The van der Waals surface area contributed by atoms with Crippen LogP contribution in [0.15, 0.2) is 29.2 Å². The minimum absolute atomic E-state index is 0.0667. The van der Waals surface area contributed by atoms with Gasteiger partial charge in [0, 0.05) is 48.8 Å². The van der Waals surface area contributed by atoms with Gasteiger partial charge >= 0.3 is 0 Å². The maximum absolute atomic E-state index is 12.1. The summed E-state index contributed by atoms with van der Waals surface area (Å²) < 4.78 is 0.411. The summed E-state index contributed by atoms with van der Waals surface area (Å²) in [6, 6.07) is 6.46. The topological polar surface area (TPSA) is 67.7 Å². The van der Waals surface area contributed by atoms with Crippen LogP contribution in [-0.4, -0.2) is 26.4 Å². The van der Waals surface area contributed by atoms with Gasteiger partial charge in [-0.15, -0.1) is 0 Å². The number of nitrogens with zero attached hydrogens (tertiary/aromatic N) is 1. The van der Waals surface area contributed by atoms with Gasteiger partial charge in [0.2, 0.25) is 0 Å². The van der Waals surface area contributed by atoms with Gasteiger partial charge < -0.3 is 9.97 Å². The van der Waals surface area contributed by atoms with E-state index < -0.39 is 0 Å². The second kappa shape index (κ2) is 5.47. The van der Waals surface area contributed by atoms with Crippen LogP contribution in [0.1, 0.15) is 22.4 Å². The Kier molecular flexibility index (Phi) is 3.43. The van der Waals surface area contributed by atoms with Crippen molar-refractivity contribution in [2.45, 2.75) is 26.4 Å². The van der Waals surface area contributed by atoms with Crippen LogP contribution in [0.5, 0.6) is 0 Å². The lowest BCUT2D eigenvalue weighted by Crippen LogP contribution is -2.35. The third-order valence-electron chi connectivity index (χ3n) is 4.51. The van der Waals surface area contributed by atoms with E-state index in [4.69, 9.17) is 12.2 Å². The molecule has 1 aromatic carbocycles. The quantitative estimate of drug-likeness (QED) is 0.634. The number of aromatic nitrogens is 3. The molecule has 0 amide bonds. The normalized spacial score (nSPS) is 15.0. The van der Waals surface area contributed by atoms with E-state index in [-0.39, 0.29) is 5.56 Å². The number of hydrogen-bond donors (Lipinski definition) is 3. The van der Waals surface area contributed by atoms with E-state index in [0.717, 1.165) is 30.8 Å². The Hall–Kier alpha value is -2.18. The fraction of sp³-hybridized carbons (Fsp3) is 0.294. The van der Waals surface area contributed by atoms with Crippen molar-refractivity contribution in [1.29, 1.82) is 0 Å². The average molecular weight is 326 g/mol. The number of aryl methyl sites for hydroxylation is 1. The Labute approximate surface area is 138 Å². The van der Waals surface area contributed by atoms with Gasteiger partial charge in [0.15, 0.2) is 4.77 Å². The molecule has 5 nitrogen and oxygen atoms in total. The fourth-order valence-electron chi connectivity index (χ4n) is 3.32. The van der Waals surface area contributed by atoms with E-state index in [0.29, 0.717) is 11.3 Å². The summed E-state index contributed by atoms with van der Waals surface area (Å²) >= 11 is 5.04. The first-order chi connectivity index (χ1) is 11.1. The van der Waals surface area contributed by atoms with Crippen molar-refractivity contribution in [3.63, 3.8) is 0 Å². The molecule has 0 radical (unpaired) electrons. The highest BCUT2D eigenvalue weighted by Crippen LogP contribution is 2.23. The van der Waals surface area contributed by atoms with Crippen LogP contribution < -0.4 is 5.56 Å². The SMILES string of the molecule is Cc1ccc2c(CN3CCc4[nH]c(=S)[nH]c(=O)c4C3)c[nH]c2c1. The summed E-state index contributed by atoms with van der Waals surface area (Å²) in [4.78, 5) is 23.5. The first kappa shape index (κ1) is 14.4. The standard InChI is InChI=1S/C17H18N4OS/c1-10-2-3-12-11(7-18-15(12)6-10)8-21-5-4-14-13(9-21)16(22)20-17(23)19-14/h2-3,6-7,18H,4-5,8-9H2,1H3,(H2,19,20,22,23). The maximum atomic E-state index is 12.1. The first-order valence-corrected chi connectivity index (χ1v) is 8.14. The molecule has 1 aliphatic rings. The minimum Gasteiger partial charge on any atom is -0.361 e. The van der Waals surface area contributed by atoms with Crippen LogP contribution in [-0.2, 0) is 19.5 Å². The zero-order chi connectivity index (χ0) is 16.0. The maximum Gasteiger partial charge on any atom is 0.256 e. The molecule has 0 bridgehead atoms. The Morgan fingerprint density at radius 1 is 1.30 bits per heavy atom. The number of benzene rings is 1.